The molecular weight excluding hydrogens is 340 g/mol. The van der Waals surface area contributed by atoms with Crippen LogP contribution in [0.4, 0.5) is 5.69 Å². The van der Waals surface area contributed by atoms with Crippen molar-refractivity contribution < 1.29 is 14.3 Å². The van der Waals surface area contributed by atoms with Gasteiger partial charge in [0, 0.05) is 31.6 Å². The van der Waals surface area contributed by atoms with Gasteiger partial charge >= 0.3 is 0 Å². The van der Waals surface area contributed by atoms with Crippen LogP contribution in [-0.4, -0.2) is 25.0 Å². The van der Waals surface area contributed by atoms with Crippen LogP contribution in [0.1, 0.15) is 36.8 Å². The van der Waals surface area contributed by atoms with Gasteiger partial charge in [-0.25, -0.2) is 0 Å². The van der Waals surface area contributed by atoms with Gasteiger partial charge in [-0.2, -0.15) is 0 Å². The molecule has 0 atom stereocenters. The Morgan fingerprint density at radius 3 is 2.52 bits per heavy atom. The molecule has 142 valence electrons. The van der Waals surface area contributed by atoms with Gasteiger partial charge in [0.05, 0.1) is 6.61 Å². The van der Waals surface area contributed by atoms with Crippen LogP contribution in [-0.2, 0) is 16.1 Å². The van der Waals surface area contributed by atoms with E-state index in [4.69, 9.17) is 4.74 Å². The summed E-state index contributed by atoms with van der Waals surface area (Å²) in [5.74, 6) is 1.03. The monoisotopic (exact) mass is 366 g/mol. The number of anilines is 1. The molecule has 0 unspecified atom stereocenters. The molecule has 5 heteroatoms. The van der Waals surface area contributed by atoms with Gasteiger partial charge in [0.2, 0.25) is 11.8 Å². The number of carbonyl (C=O) groups is 2. The van der Waals surface area contributed by atoms with Crippen LogP contribution in [0.25, 0.3) is 0 Å². The Morgan fingerprint density at radius 2 is 1.85 bits per heavy atom. The summed E-state index contributed by atoms with van der Waals surface area (Å²) < 4.78 is 5.63. The number of nitrogens with zero attached hydrogens (tertiary/aromatic N) is 1. The standard InChI is InChI=1S/C22H26N2O3/c1-17-6-12-20(13-7-17)27-15-3-4-21(25)23-16-18-8-10-19(11-9-18)24-14-2-5-22(24)26/h6-13H,2-5,14-16H2,1H3,(H,23,25). The first-order valence-corrected chi connectivity index (χ1v) is 9.47. The van der Waals surface area contributed by atoms with Crippen LogP contribution in [0.3, 0.4) is 0 Å². The Balaban J connectivity index is 1.35. The third kappa shape index (κ3) is 5.58. The van der Waals surface area contributed by atoms with E-state index in [2.05, 4.69) is 5.32 Å². The van der Waals surface area contributed by atoms with Gasteiger partial charge in [0.15, 0.2) is 0 Å². The maximum Gasteiger partial charge on any atom is 0.227 e. The highest BCUT2D eigenvalue weighted by Crippen LogP contribution is 2.21. The normalized spacial score (nSPS) is 13.7. The maximum atomic E-state index is 12.0. The van der Waals surface area contributed by atoms with Gasteiger partial charge in [-0.05, 0) is 49.6 Å². The van der Waals surface area contributed by atoms with Crippen molar-refractivity contribution in [2.45, 2.75) is 39.2 Å². The van der Waals surface area contributed by atoms with Crippen molar-refractivity contribution in [3.63, 3.8) is 0 Å². The van der Waals surface area contributed by atoms with Crippen molar-refractivity contribution in [3.05, 3.63) is 59.7 Å². The minimum atomic E-state index is 0.0151. The van der Waals surface area contributed by atoms with Crippen LogP contribution in [0, 0.1) is 6.92 Å². The fourth-order valence-electron chi connectivity index (χ4n) is 3.06. The zero-order valence-corrected chi connectivity index (χ0v) is 15.7. The molecule has 0 radical (unpaired) electrons. The topological polar surface area (TPSA) is 58.6 Å². The molecule has 0 spiro atoms. The van der Waals surface area contributed by atoms with Crippen LogP contribution in [0.2, 0.25) is 0 Å². The minimum Gasteiger partial charge on any atom is -0.494 e. The Kier molecular flexibility index (Phi) is 6.47. The van der Waals surface area contributed by atoms with Gasteiger partial charge in [-0.15, -0.1) is 0 Å². The predicted octanol–water partition coefficient (Wildman–Crippen LogP) is 3.60. The predicted molar refractivity (Wildman–Crippen MR) is 106 cm³/mol. The Morgan fingerprint density at radius 1 is 1.11 bits per heavy atom. The zero-order valence-electron chi connectivity index (χ0n) is 15.7. The zero-order chi connectivity index (χ0) is 19.1. The summed E-state index contributed by atoms with van der Waals surface area (Å²) in [5, 5.41) is 2.93. The molecule has 1 fully saturated rings. The number of hydrogen-bond acceptors (Lipinski definition) is 3. The Bertz CT molecular complexity index is 769. The molecule has 0 saturated carbocycles. The lowest BCUT2D eigenvalue weighted by Crippen LogP contribution is -2.24. The van der Waals surface area contributed by atoms with Crippen molar-refractivity contribution in [2.75, 3.05) is 18.1 Å². The van der Waals surface area contributed by atoms with E-state index in [1.165, 1.54) is 5.56 Å². The van der Waals surface area contributed by atoms with E-state index in [0.717, 1.165) is 30.0 Å². The highest BCUT2D eigenvalue weighted by molar-refractivity contribution is 5.95. The van der Waals surface area contributed by atoms with E-state index in [-0.39, 0.29) is 11.8 Å². The van der Waals surface area contributed by atoms with Crippen molar-refractivity contribution in [1.82, 2.24) is 5.32 Å². The summed E-state index contributed by atoms with van der Waals surface area (Å²) in [6.07, 6.45) is 2.66. The average molecular weight is 366 g/mol. The molecule has 2 aromatic carbocycles. The summed E-state index contributed by atoms with van der Waals surface area (Å²) in [5.41, 5.74) is 3.15. The second kappa shape index (κ2) is 9.21. The smallest absolute Gasteiger partial charge is 0.227 e. The molecule has 2 aromatic rings. The molecule has 1 heterocycles. The second-order valence-electron chi connectivity index (χ2n) is 6.86. The van der Waals surface area contributed by atoms with Crippen LogP contribution in [0.15, 0.2) is 48.5 Å². The third-order valence-corrected chi connectivity index (χ3v) is 4.65. The van der Waals surface area contributed by atoms with Crippen molar-refractivity contribution in [2.24, 2.45) is 0 Å². The Labute approximate surface area is 160 Å². The number of benzene rings is 2. The highest BCUT2D eigenvalue weighted by atomic mass is 16.5. The van der Waals surface area contributed by atoms with E-state index in [0.29, 0.717) is 32.4 Å². The first-order valence-electron chi connectivity index (χ1n) is 9.47. The Hall–Kier alpha value is -2.82. The number of hydrogen-bond donors (Lipinski definition) is 1. The number of carbonyl (C=O) groups excluding carboxylic acids is 2. The SMILES string of the molecule is Cc1ccc(OCCCC(=O)NCc2ccc(N3CCCC3=O)cc2)cc1. The summed E-state index contributed by atoms with van der Waals surface area (Å²) in [4.78, 5) is 25.6. The molecule has 1 saturated heterocycles. The van der Waals surface area contributed by atoms with Crippen LogP contribution >= 0.6 is 0 Å². The molecule has 0 aromatic heterocycles. The van der Waals surface area contributed by atoms with E-state index >= 15 is 0 Å². The maximum absolute atomic E-state index is 12.0. The highest BCUT2D eigenvalue weighted by Gasteiger charge is 2.21. The molecule has 0 aliphatic carbocycles. The minimum absolute atomic E-state index is 0.0151. The second-order valence-corrected chi connectivity index (χ2v) is 6.86. The number of rotatable bonds is 8. The molecular formula is C22H26N2O3. The lowest BCUT2D eigenvalue weighted by Gasteiger charge is -2.16. The van der Waals surface area contributed by atoms with Gasteiger partial charge in [0.1, 0.15) is 5.75 Å². The lowest BCUT2D eigenvalue weighted by atomic mass is 10.2. The quantitative estimate of drug-likeness (QED) is 0.726. The van der Waals surface area contributed by atoms with Crippen molar-refractivity contribution in [3.8, 4) is 5.75 Å². The fraction of sp³-hybridized carbons (Fsp3) is 0.364. The summed E-state index contributed by atoms with van der Waals surface area (Å²) in [6.45, 7) is 3.84. The first-order chi connectivity index (χ1) is 13.1. The van der Waals surface area contributed by atoms with Crippen molar-refractivity contribution >= 4 is 17.5 Å². The lowest BCUT2D eigenvalue weighted by molar-refractivity contribution is -0.121. The molecule has 0 bridgehead atoms. The van der Waals surface area contributed by atoms with E-state index < -0.39 is 0 Å². The molecule has 1 aliphatic rings. The van der Waals surface area contributed by atoms with Gasteiger partial charge in [-0.1, -0.05) is 29.8 Å². The molecule has 1 N–H and O–H groups in total. The van der Waals surface area contributed by atoms with E-state index in [1.54, 1.807) is 0 Å². The fourth-order valence-corrected chi connectivity index (χ4v) is 3.06. The van der Waals surface area contributed by atoms with Crippen molar-refractivity contribution in [1.29, 1.82) is 0 Å². The number of nitrogens with one attached hydrogen (secondary N) is 1. The molecule has 3 rings (SSSR count). The average Bonchev–Trinajstić information content (AvgIpc) is 3.11. The summed E-state index contributed by atoms with van der Waals surface area (Å²) in [6, 6.07) is 15.7. The number of amides is 2. The number of ether oxygens (including phenoxy) is 1. The van der Waals surface area contributed by atoms with Gasteiger partial charge in [-0.3, -0.25) is 9.59 Å². The van der Waals surface area contributed by atoms with E-state index in [9.17, 15) is 9.59 Å². The summed E-state index contributed by atoms with van der Waals surface area (Å²) in [7, 11) is 0. The van der Waals surface area contributed by atoms with Gasteiger partial charge < -0.3 is 15.0 Å². The molecule has 2 amide bonds. The summed E-state index contributed by atoms with van der Waals surface area (Å²) >= 11 is 0. The van der Waals surface area contributed by atoms with Crippen LogP contribution in [0.5, 0.6) is 5.75 Å². The number of aryl methyl sites for hydroxylation is 1. The molecule has 1 aliphatic heterocycles. The molecule has 27 heavy (non-hydrogen) atoms. The van der Waals surface area contributed by atoms with Gasteiger partial charge in [0.25, 0.3) is 0 Å². The first kappa shape index (κ1) is 19.0. The third-order valence-electron chi connectivity index (χ3n) is 4.65. The molecule has 5 nitrogen and oxygen atoms in total. The largest absolute Gasteiger partial charge is 0.494 e. The van der Waals surface area contributed by atoms with Crippen LogP contribution < -0.4 is 15.0 Å². The van der Waals surface area contributed by atoms with E-state index in [1.807, 2.05) is 60.4 Å².